The second kappa shape index (κ2) is 6.15. The number of rotatable bonds is 4. The molecular weight excluding hydrogens is 410 g/mol. The summed E-state index contributed by atoms with van der Waals surface area (Å²) in [6.07, 6.45) is 2.14. The van der Waals surface area contributed by atoms with Gasteiger partial charge in [-0.3, -0.25) is 4.79 Å². The van der Waals surface area contributed by atoms with Crippen molar-refractivity contribution in [3.05, 3.63) is 27.1 Å². The van der Waals surface area contributed by atoms with Gasteiger partial charge in [-0.25, -0.2) is 12.7 Å². The first-order valence-corrected chi connectivity index (χ1v) is 9.39. The number of halogens is 2. The van der Waals surface area contributed by atoms with E-state index in [4.69, 9.17) is 0 Å². The largest absolute Gasteiger partial charge is 0.274 e. The Balaban J connectivity index is 2.36. The fraction of sp³-hybridized carbons (Fsp3) is 0.462. The topological polar surface area (TPSA) is 54.5 Å². The van der Waals surface area contributed by atoms with Crippen molar-refractivity contribution in [3.8, 4) is 0 Å². The summed E-state index contributed by atoms with van der Waals surface area (Å²) in [7, 11) is -3.79. The Morgan fingerprint density at radius 1 is 1.35 bits per heavy atom. The molecule has 1 aliphatic heterocycles. The molecular formula is C13H15Br2NO3S. The van der Waals surface area contributed by atoms with Crippen molar-refractivity contribution >= 4 is 47.8 Å². The molecule has 110 valence electrons. The first-order chi connectivity index (χ1) is 9.36. The fourth-order valence-corrected chi connectivity index (χ4v) is 5.33. The Hall–Kier alpha value is -0.400. The minimum Gasteiger partial charge on any atom is -0.274 e. The van der Waals surface area contributed by atoms with Crippen molar-refractivity contribution in [2.45, 2.75) is 31.1 Å². The maximum Gasteiger partial charge on any atom is 0.267 e. The Morgan fingerprint density at radius 3 is 2.70 bits per heavy atom. The van der Waals surface area contributed by atoms with Gasteiger partial charge in [0.05, 0.1) is 0 Å². The minimum absolute atomic E-state index is 0.123. The molecule has 4 nitrogen and oxygen atoms in total. The number of carbonyl (C=O) groups excluding carboxylic acids is 1. The van der Waals surface area contributed by atoms with Gasteiger partial charge >= 0.3 is 0 Å². The summed E-state index contributed by atoms with van der Waals surface area (Å²) >= 11 is 6.50. The van der Waals surface area contributed by atoms with E-state index in [0.29, 0.717) is 15.4 Å². The van der Waals surface area contributed by atoms with Gasteiger partial charge in [0, 0.05) is 21.9 Å². The summed E-state index contributed by atoms with van der Waals surface area (Å²) < 4.78 is 27.4. The summed E-state index contributed by atoms with van der Waals surface area (Å²) in [5.41, 5.74) is 0. The van der Waals surface area contributed by atoms with Gasteiger partial charge in [-0.15, -0.1) is 0 Å². The highest BCUT2D eigenvalue weighted by Gasteiger charge is 2.38. The molecule has 0 bridgehead atoms. The number of amides is 1. The van der Waals surface area contributed by atoms with E-state index < -0.39 is 10.0 Å². The molecule has 1 unspecified atom stereocenters. The zero-order valence-electron chi connectivity index (χ0n) is 11.0. The van der Waals surface area contributed by atoms with Crippen LogP contribution in [0.4, 0.5) is 0 Å². The van der Waals surface area contributed by atoms with E-state index in [0.717, 1.165) is 17.1 Å². The van der Waals surface area contributed by atoms with Crippen LogP contribution in [0.1, 0.15) is 26.2 Å². The first-order valence-electron chi connectivity index (χ1n) is 6.37. The predicted molar refractivity (Wildman–Crippen MR) is 83.8 cm³/mol. The SMILES string of the molecule is CCCC1CC(=O)N(S(=O)(=O)c2cc(Br)ccc2Br)C1. The maximum absolute atomic E-state index is 12.6. The number of hydrogen-bond acceptors (Lipinski definition) is 3. The summed E-state index contributed by atoms with van der Waals surface area (Å²) in [4.78, 5) is 12.1. The first kappa shape index (κ1) is 16.0. The highest BCUT2D eigenvalue weighted by Crippen LogP contribution is 2.32. The third-order valence-electron chi connectivity index (χ3n) is 3.32. The normalized spacial score (nSPS) is 19.6. The molecule has 1 aromatic rings. The van der Waals surface area contributed by atoms with Gasteiger partial charge in [-0.05, 0) is 46.5 Å². The third kappa shape index (κ3) is 3.09. The van der Waals surface area contributed by atoms with Crippen molar-refractivity contribution in [3.63, 3.8) is 0 Å². The monoisotopic (exact) mass is 423 g/mol. The molecule has 1 heterocycles. The van der Waals surface area contributed by atoms with Gasteiger partial charge in [0.1, 0.15) is 4.90 Å². The Morgan fingerprint density at radius 2 is 2.05 bits per heavy atom. The molecule has 20 heavy (non-hydrogen) atoms. The van der Waals surface area contributed by atoms with Gasteiger partial charge in [-0.1, -0.05) is 29.3 Å². The highest BCUT2D eigenvalue weighted by molar-refractivity contribution is 9.11. The quantitative estimate of drug-likeness (QED) is 0.742. The molecule has 1 saturated heterocycles. The molecule has 1 atom stereocenters. The molecule has 0 N–H and O–H groups in total. The Bertz CT molecular complexity index is 631. The molecule has 1 aliphatic rings. The van der Waals surface area contributed by atoms with E-state index in [-0.39, 0.29) is 23.3 Å². The molecule has 1 fully saturated rings. The van der Waals surface area contributed by atoms with Gasteiger partial charge in [0.15, 0.2) is 0 Å². The molecule has 0 radical (unpaired) electrons. The molecule has 0 aliphatic carbocycles. The number of benzene rings is 1. The Kier molecular flexibility index (Phi) is 4.92. The average molecular weight is 425 g/mol. The van der Waals surface area contributed by atoms with Crippen LogP contribution in [0.3, 0.4) is 0 Å². The third-order valence-corrected chi connectivity index (χ3v) is 6.60. The number of hydrogen-bond donors (Lipinski definition) is 0. The lowest BCUT2D eigenvalue weighted by Crippen LogP contribution is -2.32. The predicted octanol–water partition coefficient (Wildman–Crippen LogP) is 3.55. The molecule has 1 amide bonds. The van der Waals surface area contributed by atoms with Crippen molar-refractivity contribution in [2.24, 2.45) is 5.92 Å². The fourth-order valence-electron chi connectivity index (χ4n) is 2.38. The molecule has 0 aromatic heterocycles. The van der Waals surface area contributed by atoms with Gasteiger partial charge in [0.2, 0.25) is 5.91 Å². The second-order valence-electron chi connectivity index (χ2n) is 4.86. The maximum atomic E-state index is 12.6. The summed E-state index contributed by atoms with van der Waals surface area (Å²) in [6.45, 7) is 2.32. The van der Waals surface area contributed by atoms with E-state index in [1.165, 1.54) is 6.07 Å². The molecule has 7 heteroatoms. The number of sulfonamides is 1. The van der Waals surface area contributed by atoms with Crippen LogP contribution in [-0.4, -0.2) is 25.2 Å². The van der Waals surface area contributed by atoms with Crippen molar-refractivity contribution in [1.29, 1.82) is 0 Å². The van der Waals surface area contributed by atoms with Gasteiger partial charge in [0.25, 0.3) is 10.0 Å². The number of nitrogens with zero attached hydrogens (tertiary/aromatic N) is 1. The standard InChI is InChI=1S/C13H15Br2NO3S/c1-2-3-9-6-13(17)16(8-9)20(18,19)12-7-10(14)4-5-11(12)15/h4-5,7,9H,2-3,6,8H2,1H3. The van der Waals surface area contributed by atoms with Crippen LogP contribution in [-0.2, 0) is 14.8 Å². The smallest absolute Gasteiger partial charge is 0.267 e. The molecule has 0 saturated carbocycles. The van der Waals surface area contributed by atoms with E-state index >= 15 is 0 Å². The zero-order chi connectivity index (χ0) is 14.9. The van der Waals surface area contributed by atoms with E-state index in [9.17, 15) is 13.2 Å². The van der Waals surface area contributed by atoms with Crippen LogP contribution in [0.5, 0.6) is 0 Å². The minimum atomic E-state index is -3.79. The van der Waals surface area contributed by atoms with Crippen molar-refractivity contribution in [2.75, 3.05) is 6.54 Å². The van der Waals surface area contributed by atoms with Crippen LogP contribution < -0.4 is 0 Å². The summed E-state index contributed by atoms with van der Waals surface area (Å²) in [5, 5.41) is 0. The van der Waals surface area contributed by atoms with Gasteiger partial charge in [-0.2, -0.15) is 0 Å². The molecule has 1 aromatic carbocycles. The van der Waals surface area contributed by atoms with Crippen LogP contribution in [0.2, 0.25) is 0 Å². The molecule has 2 rings (SSSR count). The lowest BCUT2D eigenvalue weighted by Gasteiger charge is -2.18. The molecule has 0 spiro atoms. The van der Waals surface area contributed by atoms with Crippen LogP contribution in [0.25, 0.3) is 0 Å². The Labute approximate surface area is 135 Å². The van der Waals surface area contributed by atoms with E-state index in [1.807, 2.05) is 6.92 Å². The highest BCUT2D eigenvalue weighted by atomic mass is 79.9. The zero-order valence-corrected chi connectivity index (χ0v) is 15.0. The summed E-state index contributed by atoms with van der Waals surface area (Å²) in [5.74, 6) is -0.177. The second-order valence-corrected chi connectivity index (χ2v) is 8.46. The van der Waals surface area contributed by atoms with Crippen LogP contribution >= 0.6 is 31.9 Å². The summed E-state index contributed by atoms with van der Waals surface area (Å²) in [6, 6.07) is 4.91. The van der Waals surface area contributed by atoms with E-state index in [2.05, 4.69) is 31.9 Å². The van der Waals surface area contributed by atoms with Crippen molar-refractivity contribution < 1.29 is 13.2 Å². The van der Waals surface area contributed by atoms with Crippen molar-refractivity contribution in [1.82, 2.24) is 4.31 Å². The average Bonchev–Trinajstić information content (AvgIpc) is 2.74. The lowest BCUT2D eigenvalue weighted by molar-refractivity contribution is -0.123. The van der Waals surface area contributed by atoms with Crippen LogP contribution in [0.15, 0.2) is 32.0 Å². The lowest BCUT2D eigenvalue weighted by atomic mass is 10.0. The number of carbonyl (C=O) groups is 1. The van der Waals surface area contributed by atoms with Crippen LogP contribution in [0, 0.1) is 5.92 Å². The van der Waals surface area contributed by atoms with E-state index in [1.54, 1.807) is 12.1 Å². The van der Waals surface area contributed by atoms with Gasteiger partial charge < -0.3 is 0 Å².